The van der Waals surface area contributed by atoms with Crippen molar-refractivity contribution in [1.29, 1.82) is 0 Å². The molecule has 2 atom stereocenters. The molecule has 2 rings (SSSR count). The van der Waals surface area contributed by atoms with Crippen molar-refractivity contribution in [2.45, 2.75) is 77.0 Å². The molecule has 0 heterocycles. The second-order valence-electron chi connectivity index (χ2n) is 6.44. The predicted molar refractivity (Wildman–Crippen MR) is 74.4 cm³/mol. The van der Waals surface area contributed by atoms with E-state index in [9.17, 15) is 5.11 Å². The Hall–Kier alpha value is -0.770. The number of aliphatic hydroxyl groups is 1. The van der Waals surface area contributed by atoms with Crippen LogP contribution in [0.4, 0.5) is 0 Å². The normalized spacial score (nSPS) is 33.6. The SMILES string of the molecule is CC1(C)C(O)CC1N=C(N)NC1CCCCCC1. The van der Waals surface area contributed by atoms with Crippen molar-refractivity contribution in [3.05, 3.63) is 0 Å². The first-order valence-electron chi connectivity index (χ1n) is 7.28. The van der Waals surface area contributed by atoms with Gasteiger partial charge in [-0.3, -0.25) is 0 Å². The van der Waals surface area contributed by atoms with Crippen molar-refractivity contribution in [3.63, 3.8) is 0 Å². The zero-order chi connectivity index (χ0) is 13.2. The molecule has 0 amide bonds. The van der Waals surface area contributed by atoms with E-state index in [0.29, 0.717) is 12.0 Å². The van der Waals surface area contributed by atoms with Crippen LogP contribution in [0.5, 0.6) is 0 Å². The van der Waals surface area contributed by atoms with Gasteiger partial charge in [0.1, 0.15) is 0 Å². The van der Waals surface area contributed by atoms with Crippen LogP contribution in [0.15, 0.2) is 4.99 Å². The van der Waals surface area contributed by atoms with E-state index < -0.39 is 0 Å². The quantitative estimate of drug-likeness (QED) is 0.399. The molecule has 0 aromatic rings. The van der Waals surface area contributed by atoms with Crippen LogP contribution in [-0.2, 0) is 0 Å². The first-order chi connectivity index (χ1) is 8.50. The Morgan fingerprint density at radius 3 is 2.33 bits per heavy atom. The third-order valence-corrected chi connectivity index (χ3v) is 4.67. The highest BCUT2D eigenvalue weighted by atomic mass is 16.3. The predicted octanol–water partition coefficient (Wildman–Crippen LogP) is 1.77. The van der Waals surface area contributed by atoms with Crippen molar-refractivity contribution in [1.82, 2.24) is 5.32 Å². The number of nitrogens with zero attached hydrogens (tertiary/aromatic N) is 1. The van der Waals surface area contributed by atoms with Crippen LogP contribution in [0.1, 0.15) is 58.8 Å². The van der Waals surface area contributed by atoms with E-state index in [2.05, 4.69) is 10.3 Å². The average molecular weight is 253 g/mol. The largest absolute Gasteiger partial charge is 0.392 e. The maximum Gasteiger partial charge on any atom is 0.189 e. The first kappa shape index (κ1) is 13.7. The van der Waals surface area contributed by atoms with Crippen LogP contribution >= 0.6 is 0 Å². The highest BCUT2D eigenvalue weighted by molar-refractivity contribution is 5.78. The van der Waals surface area contributed by atoms with Crippen LogP contribution in [-0.4, -0.2) is 29.3 Å². The summed E-state index contributed by atoms with van der Waals surface area (Å²) in [5, 5.41) is 13.0. The van der Waals surface area contributed by atoms with Crippen LogP contribution in [0, 0.1) is 5.41 Å². The number of hydrogen-bond acceptors (Lipinski definition) is 2. The van der Waals surface area contributed by atoms with E-state index in [0.717, 1.165) is 6.42 Å². The Bertz CT molecular complexity index is 306. The lowest BCUT2D eigenvalue weighted by molar-refractivity contribution is -0.0577. The van der Waals surface area contributed by atoms with Crippen molar-refractivity contribution < 1.29 is 5.11 Å². The monoisotopic (exact) mass is 253 g/mol. The highest BCUT2D eigenvalue weighted by Gasteiger charge is 2.47. The average Bonchev–Trinajstić information content (AvgIpc) is 2.57. The Morgan fingerprint density at radius 1 is 1.22 bits per heavy atom. The summed E-state index contributed by atoms with van der Waals surface area (Å²) in [4.78, 5) is 4.53. The van der Waals surface area contributed by atoms with Crippen LogP contribution < -0.4 is 11.1 Å². The molecule has 0 aliphatic heterocycles. The minimum absolute atomic E-state index is 0.129. The summed E-state index contributed by atoms with van der Waals surface area (Å²) >= 11 is 0. The van der Waals surface area contributed by atoms with Gasteiger partial charge >= 0.3 is 0 Å². The smallest absolute Gasteiger partial charge is 0.189 e. The molecule has 2 unspecified atom stereocenters. The Morgan fingerprint density at radius 2 is 1.83 bits per heavy atom. The van der Waals surface area contributed by atoms with Gasteiger partial charge in [-0.15, -0.1) is 0 Å². The van der Waals surface area contributed by atoms with Crippen molar-refractivity contribution >= 4 is 5.96 Å². The fraction of sp³-hybridized carbons (Fsp3) is 0.929. The maximum absolute atomic E-state index is 9.69. The second-order valence-corrected chi connectivity index (χ2v) is 6.44. The summed E-state index contributed by atoms with van der Waals surface area (Å²) in [6.45, 7) is 4.10. The van der Waals surface area contributed by atoms with E-state index in [-0.39, 0.29) is 17.6 Å². The van der Waals surface area contributed by atoms with Crippen molar-refractivity contribution in [2.75, 3.05) is 0 Å². The molecule has 0 aromatic heterocycles. The fourth-order valence-corrected chi connectivity index (χ4v) is 2.94. The van der Waals surface area contributed by atoms with E-state index >= 15 is 0 Å². The fourth-order valence-electron chi connectivity index (χ4n) is 2.94. The molecule has 0 saturated heterocycles. The van der Waals surface area contributed by atoms with Gasteiger partial charge in [0.05, 0.1) is 12.1 Å². The second kappa shape index (κ2) is 5.47. The van der Waals surface area contributed by atoms with E-state index in [1.54, 1.807) is 0 Å². The van der Waals surface area contributed by atoms with Gasteiger partial charge in [0.25, 0.3) is 0 Å². The van der Waals surface area contributed by atoms with Gasteiger partial charge in [-0.25, -0.2) is 4.99 Å². The number of aliphatic imine (C=N–C) groups is 1. The zero-order valence-electron chi connectivity index (χ0n) is 11.7. The van der Waals surface area contributed by atoms with Crippen LogP contribution in [0.3, 0.4) is 0 Å². The van der Waals surface area contributed by atoms with Crippen molar-refractivity contribution in [3.8, 4) is 0 Å². The number of nitrogens with one attached hydrogen (secondary N) is 1. The number of aliphatic hydroxyl groups excluding tert-OH is 1. The summed E-state index contributed by atoms with van der Waals surface area (Å²) in [6.07, 6.45) is 8.17. The molecule has 4 heteroatoms. The van der Waals surface area contributed by atoms with Gasteiger partial charge in [-0.2, -0.15) is 0 Å². The Kier molecular flexibility index (Phi) is 4.15. The molecule has 2 aliphatic rings. The summed E-state index contributed by atoms with van der Waals surface area (Å²) in [7, 11) is 0. The maximum atomic E-state index is 9.69. The molecule has 2 aliphatic carbocycles. The Labute approximate surface area is 110 Å². The van der Waals surface area contributed by atoms with Gasteiger partial charge in [-0.05, 0) is 19.3 Å². The zero-order valence-corrected chi connectivity index (χ0v) is 11.7. The summed E-state index contributed by atoms with van der Waals surface area (Å²) in [5.74, 6) is 0.562. The number of hydrogen-bond donors (Lipinski definition) is 3. The first-order valence-corrected chi connectivity index (χ1v) is 7.28. The lowest BCUT2D eigenvalue weighted by Crippen LogP contribution is -2.54. The van der Waals surface area contributed by atoms with E-state index in [1.165, 1.54) is 38.5 Å². The molecular weight excluding hydrogens is 226 g/mol. The van der Waals surface area contributed by atoms with Gasteiger partial charge in [-0.1, -0.05) is 39.5 Å². The highest BCUT2D eigenvalue weighted by Crippen LogP contribution is 2.42. The molecular formula is C14H27N3O. The number of nitrogens with two attached hydrogens (primary N) is 1. The van der Waals surface area contributed by atoms with Crippen molar-refractivity contribution in [2.24, 2.45) is 16.1 Å². The van der Waals surface area contributed by atoms with Gasteiger partial charge in [0.2, 0.25) is 0 Å². The minimum atomic E-state index is -0.239. The number of guanidine groups is 1. The molecule has 0 bridgehead atoms. The van der Waals surface area contributed by atoms with E-state index in [1.807, 2.05) is 13.8 Å². The standard InChI is InChI=1S/C14H27N3O/c1-14(2)11(9-12(14)18)17-13(15)16-10-7-5-3-4-6-8-10/h10-12,18H,3-9H2,1-2H3,(H3,15,16,17). The molecule has 2 fully saturated rings. The number of rotatable bonds is 2. The summed E-state index contributed by atoms with van der Waals surface area (Å²) in [5.41, 5.74) is 5.86. The molecule has 4 nitrogen and oxygen atoms in total. The Balaban J connectivity index is 1.85. The molecule has 18 heavy (non-hydrogen) atoms. The molecule has 0 aromatic carbocycles. The van der Waals surface area contributed by atoms with E-state index in [4.69, 9.17) is 5.73 Å². The molecule has 104 valence electrons. The van der Waals surface area contributed by atoms with Gasteiger partial charge < -0.3 is 16.2 Å². The van der Waals surface area contributed by atoms with Gasteiger partial charge in [0, 0.05) is 11.5 Å². The third-order valence-electron chi connectivity index (χ3n) is 4.67. The molecule has 2 saturated carbocycles. The van der Waals surface area contributed by atoms with Gasteiger partial charge in [0.15, 0.2) is 5.96 Å². The molecule has 0 radical (unpaired) electrons. The summed E-state index contributed by atoms with van der Waals surface area (Å²) in [6, 6.07) is 0.648. The topological polar surface area (TPSA) is 70.6 Å². The third kappa shape index (κ3) is 2.97. The van der Waals surface area contributed by atoms with Crippen LogP contribution in [0.25, 0.3) is 0 Å². The van der Waals surface area contributed by atoms with Crippen LogP contribution in [0.2, 0.25) is 0 Å². The molecule has 0 spiro atoms. The summed E-state index contributed by atoms with van der Waals surface area (Å²) < 4.78 is 0. The minimum Gasteiger partial charge on any atom is -0.392 e. The molecule has 4 N–H and O–H groups in total. The lowest BCUT2D eigenvalue weighted by atomic mass is 9.65. The lowest BCUT2D eigenvalue weighted by Gasteiger charge is -2.47.